The fourth-order valence-electron chi connectivity index (χ4n) is 0.404. The van der Waals surface area contributed by atoms with Crippen LogP contribution in [0.1, 0.15) is 0 Å². The Kier molecular flexibility index (Phi) is 6.09. The molecule has 0 heterocycles. The number of halogens is 1. The summed E-state index contributed by atoms with van der Waals surface area (Å²) >= 11 is 6.87. The molecule has 0 aromatic rings. The molecule has 11 heavy (non-hydrogen) atoms. The van der Waals surface area contributed by atoms with Crippen molar-refractivity contribution in [3.8, 4) is 6.07 Å². The molecule has 0 spiro atoms. The van der Waals surface area contributed by atoms with E-state index in [1.807, 2.05) is 6.07 Å². The predicted octanol–water partition coefficient (Wildman–Crippen LogP) is 1.02. The number of nitrogens with zero attached hydrogens (tertiary/aromatic N) is 1. The van der Waals surface area contributed by atoms with Crippen molar-refractivity contribution in [2.24, 2.45) is 0 Å². The summed E-state index contributed by atoms with van der Waals surface area (Å²) in [5.41, 5.74) is 0. The highest BCUT2D eigenvalue weighted by Gasteiger charge is 2.14. The molecule has 0 bridgehead atoms. The van der Waals surface area contributed by atoms with Gasteiger partial charge in [-0.25, -0.2) is 0 Å². The van der Waals surface area contributed by atoms with Crippen molar-refractivity contribution in [2.45, 2.75) is 5.38 Å². The van der Waals surface area contributed by atoms with Gasteiger partial charge in [-0.1, -0.05) is 0 Å². The van der Waals surface area contributed by atoms with Crippen molar-refractivity contribution >= 4 is 29.3 Å². The lowest BCUT2D eigenvalue weighted by Gasteiger charge is -2.03. The zero-order valence-electron chi connectivity index (χ0n) is 6.04. The van der Waals surface area contributed by atoms with Crippen molar-refractivity contribution in [1.29, 1.82) is 5.26 Å². The van der Waals surface area contributed by atoms with Gasteiger partial charge < -0.3 is 4.74 Å². The maximum Gasteiger partial charge on any atom is 0.324 e. The zero-order chi connectivity index (χ0) is 8.69. The number of carbonyl (C=O) groups excluding carboxylic acids is 1. The third kappa shape index (κ3) is 4.93. The van der Waals surface area contributed by atoms with E-state index in [1.54, 1.807) is 0 Å². The van der Waals surface area contributed by atoms with E-state index in [4.69, 9.17) is 16.9 Å². The number of alkyl halides is 1. The second-order valence-corrected chi connectivity index (χ2v) is 3.22. The Balaban J connectivity index is 3.45. The van der Waals surface area contributed by atoms with Crippen LogP contribution in [0.2, 0.25) is 0 Å². The van der Waals surface area contributed by atoms with E-state index in [9.17, 15) is 4.79 Å². The standard InChI is InChI=1S/C6H8ClNO2S/c1-10-6(9)5(7)4-11-3-2-8/h5H,3-4H2,1H3. The van der Waals surface area contributed by atoms with E-state index < -0.39 is 11.3 Å². The third-order valence-electron chi connectivity index (χ3n) is 0.888. The van der Waals surface area contributed by atoms with Gasteiger partial charge in [0.15, 0.2) is 0 Å². The molecule has 0 amide bonds. The highest BCUT2D eigenvalue weighted by Crippen LogP contribution is 2.08. The summed E-state index contributed by atoms with van der Waals surface area (Å²) in [6.07, 6.45) is 0. The largest absolute Gasteiger partial charge is 0.468 e. The van der Waals surface area contributed by atoms with Crippen LogP contribution in [0.15, 0.2) is 0 Å². The molecule has 0 saturated heterocycles. The third-order valence-corrected chi connectivity index (χ3v) is 2.31. The normalized spacial score (nSPS) is 11.7. The molecule has 0 aromatic carbocycles. The Bertz CT molecular complexity index is 168. The summed E-state index contributed by atoms with van der Waals surface area (Å²) in [6.45, 7) is 0. The van der Waals surface area contributed by atoms with Crippen LogP contribution >= 0.6 is 23.4 Å². The van der Waals surface area contributed by atoms with Gasteiger partial charge in [-0.15, -0.1) is 23.4 Å². The van der Waals surface area contributed by atoms with E-state index in [1.165, 1.54) is 18.9 Å². The first kappa shape index (κ1) is 10.6. The molecular formula is C6H8ClNO2S. The molecule has 5 heteroatoms. The number of rotatable bonds is 4. The first-order valence-electron chi connectivity index (χ1n) is 2.89. The average molecular weight is 194 g/mol. The van der Waals surface area contributed by atoms with Crippen molar-refractivity contribution in [2.75, 3.05) is 18.6 Å². The number of methoxy groups -OCH3 is 1. The van der Waals surface area contributed by atoms with Crippen LogP contribution in [-0.2, 0) is 9.53 Å². The van der Waals surface area contributed by atoms with Crippen molar-refractivity contribution in [3.63, 3.8) is 0 Å². The lowest BCUT2D eigenvalue weighted by Crippen LogP contribution is -2.18. The van der Waals surface area contributed by atoms with Gasteiger partial charge in [0.25, 0.3) is 0 Å². The van der Waals surface area contributed by atoms with E-state index in [2.05, 4.69) is 4.74 Å². The fraction of sp³-hybridized carbons (Fsp3) is 0.667. The predicted molar refractivity (Wildman–Crippen MR) is 44.6 cm³/mol. The molecular weight excluding hydrogens is 186 g/mol. The molecule has 0 radical (unpaired) electrons. The second kappa shape index (κ2) is 6.32. The van der Waals surface area contributed by atoms with E-state index >= 15 is 0 Å². The van der Waals surface area contributed by atoms with E-state index in [0.717, 1.165) is 0 Å². The summed E-state index contributed by atoms with van der Waals surface area (Å²) < 4.78 is 4.38. The fourth-order valence-corrected chi connectivity index (χ4v) is 1.31. The lowest BCUT2D eigenvalue weighted by atomic mass is 10.5. The highest BCUT2D eigenvalue weighted by atomic mass is 35.5. The molecule has 0 rings (SSSR count). The smallest absolute Gasteiger partial charge is 0.324 e. The van der Waals surface area contributed by atoms with Crippen molar-refractivity contribution < 1.29 is 9.53 Å². The number of nitriles is 1. The lowest BCUT2D eigenvalue weighted by molar-refractivity contribution is -0.139. The molecule has 0 aliphatic carbocycles. The van der Waals surface area contributed by atoms with Crippen molar-refractivity contribution in [3.05, 3.63) is 0 Å². The quantitative estimate of drug-likeness (QED) is 0.380. The van der Waals surface area contributed by atoms with E-state index in [0.29, 0.717) is 11.5 Å². The van der Waals surface area contributed by atoms with Crippen LogP contribution < -0.4 is 0 Å². The molecule has 3 nitrogen and oxygen atoms in total. The van der Waals surface area contributed by atoms with Crippen LogP contribution in [-0.4, -0.2) is 30.0 Å². The van der Waals surface area contributed by atoms with Gasteiger partial charge in [-0.05, 0) is 0 Å². The topological polar surface area (TPSA) is 50.1 Å². The van der Waals surface area contributed by atoms with E-state index in [-0.39, 0.29) is 0 Å². The Morgan fingerprint density at radius 1 is 1.91 bits per heavy atom. The van der Waals surface area contributed by atoms with Gasteiger partial charge in [0.05, 0.1) is 18.9 Å². The molecule has 0 aliphatic rings. The van der Waals surface area contributed by atoms with Crippen LogP contribution in [0, 0.1) is 11.3 Å². The van der Waals surface area contributed by atoms with Crippen LogP contribution in [0.25, 0.3) is 0 Å². The van der Waals surface area contributed by atoms with Gasteiger partial charge in [-0.2, -0.15) is 5.26 Å². The number of esters is 1. The van der Waals surface area contributed by atoms with Gasteiger partial charge in [0, 0.05) is 5.75 Å². The Morgan fingerprint density at radius 2 is 2.55 bits per heavy atom. The number of carbonyl (C=O) groups is 1. The minimum atomic E-state index is -0.640. The molecule has 0 N–H and O–H groups in total. The van der Waals surface area contributed by atoms with Gasteiger partial charge in [-0.3, -0.25) is 4.79 Å². The summed E-state index contributed by atoms with van der Waals surface area (Å²) in [4.78, 5) is 10.7. The SMILES string of the molecule is COC(=O)C(Cl)CSCC#N. The monoisotopic (exact) mass is 193 g/mol. The molecule has 0 fully saturated rings. The number of thioether (sulfide) groups is 1. The Hall–Kier alpha value is -0.400. The second-order valence-electron chi connectivity index (χ2n) is 1.66. The van der Waals surface area contributed by atoms with Gasteiger partial charge in [0.1, 0.15) is 5.38 Å². The van der Waals surface area contributed by atoms with Crippen LogP contribution in [0.4, 0.5) is 0 Å². The Labute approximate surface area is 74.7 Å². The summed E-state index contributed by atoms with van der Waals surface area (Å²) in [7, 11) is 1.28. The first-order chi connectivity index (χ1) is 5.22. The molecule has 0 aliphatic heterocycles. The molecule has 0 aromatic heterocycles. The summed E-state index contributed by atoms with van der Waals surface area (Å²) in [6, 6.07) is 1.93. The zero-order valence-corrected chi connectivity index (χ0v) is 7.61. The summed E-state index contributed by atoms with van der Waals surface area (Å²) in [5, 5.41) is 7.50. The first-order valence-corrected chi connectivity index (χ1v) is 4.48. The van der Waals surface area contributed by atoms with Crippen LogP contribution in [0.3, 0.4) is 0 Å². The minimum absolute atomic E-state index is 0.347. The maximum atomic E-state index is 10.7. The van der Waals surface area contributed by atoms with Crippen molar-refractivity contribution in [1.82, 2.24) is 0 Å². The van der Waals surface area contributed by atoms with Gasteiger partial charge >= 0.3 is 5.97 Å². The number of hydrogen-bond acceptors (Lipinski definition) is 4. The Morgan fingerprint density at radius 3 is 3.00 bits per heavy atom. The summed E-state index contributed by atoms with van der Waals surface area (Å²) in [5.74, 6) is 0.319. The number of ether oxygens (including phenoxy) is 1. The molecule has 62 valence electrons. The van der Waals surface area contributed by atoms with Crippen LogP contribution in [0.5, 0.6) is 0 Å². The number of hydrogen-bond donors (Lipinski definition) is 0. The maximum absolute atomic E-state index is 10.7. The minimum Gasteiger partial charge on any atom is -0.468 e. The molecule has 0 saturated carbocycles. The highest BCUT2D eigenvalue weighted by molar-refractivity contribution is 7.99. The average Bonchev–Trinajstić information content (AvgIpc) is 2.03. The molecule has 1 unspecified atom stereocenters. The molecule has 1 atom stereocenters. The van der Waals surface area contributed by atoms with Gasteiger partial charge in [0.2, 0.25) is 0 Å².